The second kappa shape index (κ2) is 5.45. The largest absolute Gasteiger partial charge is 0.468 e. The fourth-order valence-electron chi connectivity index (χ4n) is 2.66. The Morgan fingerprint density at radius 2 is 2.09 bits per heavy atom. The van der Waals surface area contributed by atoms with Crippen LogP contribution in [0.3, 0.4) is 0 Å². The van der Waals surface area contributed by atoms with E-state index in [0.29, 0.717) is 11.5 Å². The van der Waals surface area contributed by atoms with E-state index in [-0.39, 0.29) is 13.2 Å². The Morgan fingerprint density at radius 3 is 2.83 bits per heavy atom. The summed E-state index contributed by atoms with van der Waals surface area (Å²) in [6.07, 6.45) is 0.270. The molecular weight excluding hydrogens is 304 g/mol. The summed E-state index contributed by atoms with van der Waals surface area (Å²) in [5, 5.41) is 2.63. The number of nitrogens with one attached hydrogen (secondary N) is 1. The molecule has 122 valence electrons. The number of rotatable bonds is 4. The van der Waals surface area contributed by atoms with Crippen molar-refractivity contribution in [3.05, 3.63) is 23.8 Å². The number of hydrogen-bond donors (Lipinski definition) is 1. The molecule has 0 aliphatic carbocycles. The molecule has 8 nitrogen and oxygen atoms in total. The quantitative estimate of drug-likeness (QED) is 0.639. The number of esters is 1. The van der Waals surface area contributed by atoms with Crippen LogP contribution in [0.5, 0.6) is 11.5 Å². The van der Waals surface area contributed by atoms with Crippen molar-refractivity contribution in [3.8, 4) is 11.5 Å². The van der Waals surface area contributed by atoms with Crippen LogP contribution in [-0.2, 0) is 20.7 Å². The summed E-state index contributed by atoms with van der Waals surface area (Å²) in [6.45, 7) is 1.38. The van der Waals surface area contributed by atoms with Crippen LogP contribution in [0, 0.1) is 0 Å². The highest BCUT2D eigenvalue weighted by Crippen LogP contribution is 2.34. The molecule has 3 amide bonds. The molecule has 3 rings (SSSR count). The van der Waals surface area contributed by atoms with Crippen molar-refractivity contribution in [3.63, 3.8) is 0 Å². The molecule has 1 aromatic rings. The summed E-state index contributed by atoms with van der Waals surface area (Å²) in [5.74, 6) is 0.133. The van der Waals surface area contributed by atoms with Crippen LogP contribution >= 0.6 is 0 Å². The highest BCUT2D eigenvalue weighted by atomic mass is 16.7. The molecule has 2 aliphatic rings. The van der Waals surface area contributed by atoms with Crippen LogP contribution in [0.1, 0.15) is 12.5 Å². The third-order valence-corrected chi connectivity index (χ3v) is 3.85. The molecule has 0 aromatic heterocycles. The zero-order valence-electron chi connectivity index (χ0n) is 12.8. The van der Waals surface area contributed by atoms with E-state index in [9.17, 15) is 14.4 Å². The van der Waals surface area contributed by atoms with E-state index in [2.05, 4.69) is 10.1 Å². The van der Waals surface area contributed by atoms with Crippen LogP contribution in [0.15, 0.2) is 18.2 Å². The monoisotopic (exact) mass is 320 g/mol. The Morgan fingerprint density at radius 1 is 1.35 bits per heavy atom. The number of benzene rings is 1. The third-order valence-electron chi connectivity index (χ3n) is 3.85. The van der Waals surface area contributed by atoms with Crippen LogP contribution in [0.4, 0.5) is 4.79 Å². The van der Waals surface area contributed by atoms with Crippen molar-refractivity contribution >= 4 is 17.9 Å². The van der Waals surface area contributed by atoms with Crippen molar-refractivity contribution in [2.45, 2.75) is 18.9 Å². The van der Waals surface area contributed by atoms with Crippen LogP contribution in [0.25, 0.3) is 0 Å². The summed E-state index contributed by atoms with van der Waals surface area (Å²) in [7, 11) is 1.20. The smallest absolute Gasteiger partial charge is 0.325 e. The minimum absolute atomic E-state index is 0.165. The average molecular weight is 320 g/mol. The number of ether oxygens (including phenoxy) is 3. The van der Waals surface area contributed by atoms with Gasteiger partial charge in [0.25, 0.3) is 5.91 Å². The first kappa shape index (κ1) is 15.1. The minimum Gasteiger partial charge on any atom is -0.468 e. The molecule has 1 fully saturated rings. The van der Waals surface area contributed by atoms with Gasteiger partial charge in [-0.2, -0.15) is 0 Å². The summed E-state index contributed by atoms with van der Waals surface area (Å²) in [4.78, 5) is 36.7. The van der Waals surface area contributed by atoms with Crippen LogP contribution < -0.4 is 14.8 Å². The Kier molecular flexibility index (Phi) is 3.59. The van der Waals surface area contributed by atoms with Crippen molar-refractivity contribution in [2.75, 3.05) is 20.4 Å². The van der Waals surface area contributed by atoms with Gasteiger partial charge >= 0.3 is 12.0 Å². The topological polar surface area (TPSA) is 94.2 Å². The third kappa shape index (κ3) is 2.67. The molecule has 0 saturated carbocycles. The number of carbonyl (C=O) groups excluding carboxylic acids is 3. The molecule has 2 heterocycles. The Labute approximate surface area is 132 Å². The SMILES string of the molecule is COC(=O)CN1C(=O)N[C@](C)(Cc2ccc3c(c2)OCO3)C1=O. The molecular formula is C15H16N2O6. The number of fused-ring (bicyclic) bond motifs is 1. The molecule has 0 spiro atoms. The van der Waals surface area contributed by atoms with E-state index in [0.717, 1.165) is 10.5 Å². The van der Waals surface area contributed by atoms with E-state index in [4.69, 9.17) is 9.47 Å². The second-order valence-corrected chi connectivity index (χ2v) is 5.59. The van der Waals surface area contributed by atoms with Gasteiger partial charge in [0.15, 0.2) is 11.5 Å². The van der Waals surface area contributed by atoms with Gasteiger partial charge in [-0.15, -0.1) is 0 Å². The van der Waals surface area contributed by atoms with Gasteiger partial charge in [0.2, 0.25) is 6.79 Å². The number of urea groups is 1. The summed E-state index contributed by atoms with van der Waals surface area (Å²) >= 11 is 0. The standard InChI is InChI=1S/C15H16N2O6/c1-15(6-9-3-4-10-11(5-9)23-8-22-10)13(19)17(14(20)16-15)7-12(18)21-2/h3-5H,6-8H2,1-2H3,(H,16,20)/t15-/m1/s1. The van der Waals surface area contributed by atoms with Gasteiger partial charge in [-0.1, -0.05) is 6.07 Å². The molecule has 0 radical (unpaired) electrons. The zero-order chi connectivity index (χ0) is 16.6. The fraction of sp³-hybridized carbons (Fsp3) is 0.400. The van der Waals surface area contributed by atoms with E-state index in [1.165, 1.54) is 7.11 Å². The van der Waals surface area contributed by atoms with Gasteiger partial charge in [-0.25, -0.2) is 4.79 Å². The molecule has 1 aromatic carbocycles. The van der Waals surface area contributed by atoms with Gasteiger partial charge in [-0.05, 0) is 24.6 Å². The maximum Gasteiger partial charge on any atom is 0.325 e. The molecule has 0 bridgehead atoms. The molecule has 1 atom stereocenters. The second-order valence-electron chi connectivity index (χ2n) is 5.59. The molecule has 8 heteroatoms. The van der Waals surface area contributed by atoms with E-state index in [1.807, 2.05) is 0 Å². The number of carbonyl (C=O) groups is 3. The van der Waals surface area contributed by atoms with Crippen molar-refractivity contribution < 1.29 is 28.6 Å². The lowest BCUT2D eigenvalue weighted by Gasteiger charge is -2.21. The molecule has 23 heavy (non-hydrogen) atoms. The molecule has 0 unspecified atom stereocenters. The maximum atomic E-state index is 12.5. The van der Waals surface area contributed by atoms with Crippen molar-refractivity contribution in [2.24, 2.45) is 0 Å². The predicted molar refractivity (Wildman–Crippen MR) is 76.9 cm³/mol. The molecule has 1 N–H and O–H groups in total. The van der Waals surface area contributed by atoms with Gasteiger partial charge < -0.3 is 19.5 Å². The van der Waals surface area contributed by atoms with Gasteiger partial charge in [-0.3, -0.25) is 14.5 Å². The Balaban J connectivity index is 1.78. The van der Waals surface area contributed by atoms with E-state index < -0.39 is 30.0 Å². The zero-order valence-corrected chi connectivity index (χ0v) is 12.8. The van der Waals surface area contributed by atoms with Gasteiger partial charge in [0.1, 0.15) is 12.1 Å². The average Bonchev–Trinajstić information content (AvgIpc) is 3.05. The Bertz CT molecular complexity index is 689. The lowest BCUT2D eigenvalue weighted by Crippen LogP contribution is -2.46. The number of methoxy groups -OCH3 is 1. The first-order valence-corrected chi connectivity index (χ1v) is 7.02. The minimum atomic E-state index is -1.13. The van der Waals surface area contributed by atoms with Gasteiger partial charge in [0, 0.05) is 6.42 Å². The van der Waals surface area contributed by atoms with Crippen LogP contribution in [-0.4, -0.2) is 48.8 Å². The van der Waals surface area contributed by atoms with Crippen molar-refractivity contribution in [1.82, 2.24) is 10.2 Å². The van der Waals surface area contributed by atoms with Crippen LogP contribution in [0.2, 0.25) is 0 Å². The Hall–Kier alpha value is -2.77. The van der Waals surface area contributed by atoms with Gasteiger partial charge in [0.05, 0.1) is 7.11 Å². The van der Waals surface area contributed by atoms with E-state index >= 15 is 0 Å². The predicted octanol–water partition coefficient (Wildman–Crippen LogP) is 0.441. The summed E-state index contributed by atoms with van der Waals surface area (Å²) in [5.41, 5.74) is -0.316. The van der Waals surface area contributed by atoms with Crippen molar-refractivity contribution in [1.29, 1.82) is 0 Å². The summed E-state index contributed by atoms with van der Waals surface area (Å²) < 4.78 is 15.1. The molecule has 2 aliphatic heterocycles. The highest BCUT2D eigenvalue weighted by Gasteiger charge is 2.48. The first-order chi connectivity index (χ1) is 10.9. The molecule has 1 saturated heterocycles. The number of nitrogens with zero attached hydrogens (tertiary/aromatic N) is 1. The lowest BCUT2D eigenvalue weighted by atomic mass is 9.92. The number of hydrogen-bond acceptors (Lipinski definition) is 6. The number of amides is 3. The lowest BCUT2D eigenvalue weighted by molar-refractivity contribution is -0.145. The van der Waals surface area contributed by atoms with E-state index in [1.54, 1.807) is 25.1 Å². The summed E-state index contributed by atoms with van der Waals surface area (Å²) in [6, 6.07) is 4.73. The maximum absolute atomic E-state index is 12.5. The highest BCUT2D eigenvalue weighted by molar-refractivity contribution is 6.08. The normalized spacial score (nSPS) is 22.3. The fourth-order valence-corrected chi connectivity index (χ4v) is 2.66. The number of imide groups is 1. The first-order valence-electron chi connectivity index (χ1n) is 7.02.